The van der Waals surface area contributed by atoms with Crippen LogP contribution in [0.25, 0.3) is 0 Å². The van der Waals surface area contributed by atoms with Crippen LogP contribution in [0.1, 0.15) is 40.5 Å². The quantitative estimate of drug-likeness (QED) is 0.633. The van der Waals surface area contributed by atoms with E-state index in [0.29, 0.717) is 12.8 Å². The summed E-state index contributed by atoms with van der Waals surface area (Å²) in [5, 5.41) is 22.3. The number of aliphatic hydroxyl groups is 2. The Morgan fingerprint density at radius 3 is 2.47 bits per heavy atom. The molecule has 19 heavy (non-hydrogen) atoms. The molecule has 5 heteroatoms. The van der Waals surface area contributed by atoms with Crippen molar-refractivity contribution < 1.29 is 19.7 Å². The number of ether oxygens (including phenoxy) is 1. The summed E-state index contributed by atoms with van der Waals surface area (Å²) in [4.78, 5) is 11.7. The summed E-state index contributed by atoms with van der Waals surface area (Å²) in [5.74, 6) is -0.0308. The van der Waals surface area contributed by atoms with Crippen molar-refractivity contribution in [3.63, 3.8) is 0 Å². The molecule has 0 spiro atoms. The first kappa shape index (κ1) is 16.0. The highest BCUT2D eigenvalue weighted by Crippen LogP contribution is 2.21. The number of carbonyl (C=O) groups is 1. The number of carbonyl (C=O) groups excluding carboxylic acids is 1. The van der Waals surface area contributed by atoms with Crippen molar-refractivity contribution in [2.75, 3.05) is 0 Å². The molecule has 0 bridgehead atoms. The lowest BCUT2D eigenvalue weighted by atomic mass is 9.91. The molecule has 0 fully saturated rings. The van der Waals surface area contributed by atoms with Gasteiger partial charge in [0, 0.05) is 12.0 Å². The van der Waals surface area contributed by atoms with Gasteiger partial charge < -0.3 is 20.3 Å². The molecule has 4 atom stereocenters. The van der Waals surface area contributed by atoms with Crippen molar-refractivity contribution in [2.24, 2.45) is 5.92 Å². The van der Waals surface area contributed by atoms with Crippen LogP contribution in [0.15, 0.2) is 12.2 Å². The summed E-state index contributed by atoms with van der Waals surface area (Å²) in [6.45, 7) is 7.47. The summed E-state index contributed by atoms with van der Waals surface area (Å²) in [6, 6.07) is 0. The van der Waals surface area contributed by atoms with Gasteiger partial charge >= 0.3 is 6.09 Å². The Bertz CT molecular complexity index is 335. The SMILES string of the molecule is CC1CC(O)/C=C/C(OC(=O)NC(C)(C)C)CC1O. The van der Waals surface area contributed by atoms with Crippen LogP contribution in [0.4, 0.5) is 4.79 Å². The molecule has 4 unspecified atom stereocenters. The van der Waals surface area contributed by atoms with Crippen molar-refractivity contribution in [1.82, 2.24) is 5.32 Å². The average molecular weight is 271 g/mol. The molecule has 1 aliphatic carbocycles. The minimum Gasteiger partial charge on any atom is -0.442 e. The van der Waals surface area contributed by atoms with Crippen molar-refractivity contribution in [1.29, 1.82) is 0 Å². The first-order valence-electron chi connectivity index (χ1n) is 6.70. The van der Waals surface area contributed by atoms with E-state index < -0.39 is 24.4 Å². The van der Waals surface area contributed by atoms with Crippen molar-refractivity contribution in [2.45, 2.75) is 64.4 Å². The van der Waals surface area contributed by atoms with E-state index in [1.54, 1.807) is 12.2 Å². The smallest absolute Gasteiger partial charge is 0.408 e. The zero-order chi connectivity index (χ0) is 14.6. The van der Waals surface area contributed by atoms with E-state index in [2.05, 4.69) is 5.32 Å². The van der Waals surface area contributed by atoms with E-state index >= 15 is 0 Å². The number of rotatable bonds is 1. The molecule has 0 saturated carbocycles. The van der Waals surface area contributed by atoms with Crippen molar-refractivity contribution in [3.8, 4) is 0 Å². The molecular weight excluding hydrogens is 246 g/mol. The molecule has 3 N–H and O–H groups in total. The van der Waals surface area contributed by atoms with E-state index in [4.69, 9.17) is 4.74 Å². The van der Waals surface area contributed by atoms with Gasteiger partial charge in [-0.05, 0) is 39.2 Å². The Morgan fingerprint density at radius 2 is 1.89 bits per heavy atom. The van der Waals surface area contributed by atoms with Crippen molar-refractivity contribution >= 4 is 6.09 Å². The van der Waals surface area contributed by atoms with Crippen LogP contribution in [0.2, 0.25) is 0 Å². The minimum absolute atomic E-state index is 0.0308. The minimum atomic E-state index is -0.610. The number of hydrogen-bond acceptors (Lipinski definition) is 4. The third kappa shape index (κ3) is 6.07. The predicted octanol–water partition coefficient (Wildman–Crippen LogP) is 1.59. The Kier molecular flexibility index (Phi) is 5.38. The van der Waals surface area contributed by atoms with E-state index in [1.165, 1.54) is 0 Å². The van der Waals surface area contributed by atoms with Crippen molar-refractivity contribution in [3.05, 3.63) is 12.2 Å². The van der Waals surface area contributed by atoms with Crippen LogP contribution in [0, 0.1) is 5.92 Å². The normalized spacial score (nSPS) is 34.0. The van der Waals surface area contributed by atoms with Gasteiger partial charge in [-0.15, -0.1) is 0 Å². The maximum atomic E-state index is 11.7. The molecule has 0 heterocycles. The number of hydrogen-bond donors (Lipinski definition) is 3. The molecule has 0 aromatic heterocycles. The summed E-state index contributed by atoms with van der Waals surface area (Å²) < 4.78 is 5.26. The lowest BCUT2D eigenvalue weighted by Crippen LogP contribution is -2.42. The standard InChI is InChI=1S/C14H25NO4/c1-9-7-10(16)5-6-11(8-12(9)17)19-13(18)15-14(2,3)4/h5-6,9-12,16-17H,7-8H2,1-4H3,(H,15,18)/b6-5+. The molecule has 0 aliphatic heterocycles. The molecule has 0 radical (unpaired) electrons. The fraction of sp³-hybridized carbons (Fsp3) is 0.786. The molecular formula is C14H25NO4. The first-order chi connectivity index (χ1) is 8.67. The molecule has 110 valence electrons. The lowest BCUT2D eigenvalue weighted by molar-refractivity contribution is 0.0303. The van der Waals surface area contributed by atoms with Crippen LogP contribution >= 0.6 is 0 Å². The zero-order valence-corrected chi connectivity index (χ0v) is 12.1. The van der Waals surface area contributed by atoms with E-state index in [-0.39, 0.29) is 11.5 Å². The summed E-state index contributed by atoms with van der Waals surface area (Å²) in [5.41, 5.74) is -0.367. The number of amides is 1. The van der Waals surface area contributed by atoms with Gasteiger partial charge in [0.15, 0.2) is 0 Å². The Labute approximate surface area is 114 Å². The summed E-state index contributed by atoms with van der Waals surface area (Å²) in [6.07, 6.45) is 1.89. The predicted molar refractivity (Wildman–Crippen MR) is 72.7 cm³/mol. The lowest BCUT2D eigenvalue weighted by Gasteiger charge is -2.27. The Hall–Kier alpha value is -1.07. The zero-order valence-electron chi connectivity index (χ0n) is 12.1. The summed E-state index contributed by atoms with van der Waals surface area (Å²) >= 11 is 0. The second kappa shape index (κ2) is 6.39. The number of aliphatic hydroxyl groups excluding tert-OH is 2. The Morgan fingerprint density at radius 1 is 1.26 bits per heavy atom. The third-order valence-electron chi connectivity index (χ3n) is 3.03. The molecule has 1 amide bonds. The summed E-state index contributed by atoms with van der Waals surface area (Å²) in [7, 11) is 0. The van der Waals surface area contributed by atoms with E-state index in [1.807, 2.05) is 27.7 Å². The van der Waals surface area contributed by atoms with Crippen LogP contribution in [0.3, 0.4) is 0 Å². The van der Waals surface area contributed by atoms with Gasteiger partial charge in [-0.3, -0.25) is 0 Å². The molecule has 5 nitrogen and oxygen atoms in total. The largest absolute Gasteiger partial charge is 0.442 e. The highest BCUT2D eigenvalue weighted by atomic mass is 16.6. The first-order valence-corrected chi connectivity index (χ1v) is 6.70. The van der Waals surface area contributed by atoms with Gasteiger partial charge in [0.1, 0.15) is 6.10 Å². The highest BCUT2D eigenvalue weighted by Gasteiger charge is 2.26. The second-order valence-corrected chi connectivity index (χ2v) is 6.29. The molecule has 1 rings (SSSR count). The monoisotopic (exact) mass is 271 g/mol. The fourth-order valence-electron chi connectivity index (χ4n) is 1.98. The second-order valence-electron chi connectivity index (χ2n) is 6.29. The average Bonchev–Trinajstić information content (AvgIpc) is 2.21. The molecule has 0 aromatic rings. The van der Waals surface area contributed by atoms with E-state index in [9.17, 15) is 15.0 Å². The van der Waals surface area contributed by atoms with Gasteiger partial charge in [-0.2, -0.15) is 0 Å². The van der Waals surface area contributed by atoms with Crippen LogP contribution in [0.5, 0.6) is 0 Å². The fourth-order valence-corrected chi connectivity index (χ4v) is 1.98. The molecule has 1 aliphatic rings. The topological polar surface area (TPSA) is 78.8 Å². The van der Waals surface area contributed by atoms with Gasteiger partial charge in [0.2, 0.25) is 0 Å². The van der Waals surface area contributed by atoms with Crippen LogP contribution in [-0.4, -0.2) is 40.2 Å². The van der Waals surface area contributed by atoms with Crippen LogP contribution in [-0.2, 0) is 4.74 Å². The van der Waals surface area contributed by atoms with Gasteiger partial charge in [0.05, 0.1) is 12.2 Å². The number of alkyl carbamates (subject to hydrolysis) is 1. The van der Waals surface area contributed by atoms with E-state index in [0.717, 1.165) is 0 Å². The molecule has 0 aromatic carbocycles. The van der Waals surface area contributed by atoms with Gasteiger partial charge in [-0.1, -0.05) is 13.0 Å². The highest BCUT2D eigenvalue weighted by molar-refractivity contribution is 5.68. The third-order valence-corrected chi connectivity index (χ3v) is 3.03. The Balaban J connectivity index is 2.63. The van der Waals surface area contributed by atoms with Crippen LogP contribution < -0.4 is 5.32 Å². The van der Waals surface area contributed by atoms with Gasteiger partial charge in [0.25, 0.3) is 0 Å². The van der Waals surface area contributed by atoms with Gasteiger partial charge in [-0.25, -0.2) is 4.79 Å². The maximum absolute atomic E-state index is 11.7. The number of nitrogens with one attached hydrogen (secondary N) is 1. The molecule has 0 saturated heterocycles. The maximum Gasteiger partial charge on any atom is 0.408 e.